The fourth-order valence-electron chi connectivity index (χ4n) is 2.44. The Hall–Kier alpha value is -1.29. The molecule has 0 amide bonds. The minimum absolute atomic E-state index is 0.120. The predicted octanol–water partition coefficient (Wildman–Crippen LogP) is 1.99. The third kappa shape index (κ3) is 3.35. The Morgan fingerprint density at radius 1 is 1.39 bits per heavy atom. The summed E-state index contributed by atoms with van der Waals surface area (Å²) < 4.78 is 0. The highest BCUT2D eigenvalue weighted by Crippen LogP contribution is 2.21. The topological polar surface area (TPSA) is 46.1 Å². The highest BCUT2D eigenvalue weighted by atomic mass is 16.1. The van der Waals surface area contributed by atoms with Crippen LogP contribution in [0.3, 0.4) is 0 Å². The smallest absolute Gasteiger partial charge is 0.186 e. The Balaban J connectivity index is 1.88. The quantitative estimate of drug-likeness (QED) is 0.762. The normalized spacial score (nSPS) is 18.2. The number of nitrogens with zero attached hydrogens (tertiary/aromatic N) is 3. The summed E-state index contributed by atoms with van der Waals surface area (Å²) >= 11 is 0. The summed E-state index contributed by atoms with van der Waals surface area (Å²) in [6.45, 7) is 7.35. The largest absolute Gasteiger partial charge is 0.303 e. The number of ketones is 1. The van der Waals surface area contributed by atoms with Gasteiger partial charge < -0.3 is 4.90 Å². The number of Topliss-reactive ketones (excluding diaryl/α,β-unsaturated/α-hetero) is 1. The van der Waals surface area contributed by atoms with Gasteiger partial charge in [-0.25, -0.2) is 0 Å². The molecule has 1 aromatic rings. The van der Waals surface area contributed by atoms with E-state index in [1.807, 2.05) is 0 Å². The maximum Gasteiger partial charge on any atom is 0.186 e. The lowest BCUT2D eigenvalue weighted by Crippen LogP contribution is -2.38. The van der Waals surface area contributed by atoms with Gasteiger partial charge in [0.2, 0.25) is 0 Å². The standard InChI is InChI=1S/C14H20N3O/c1-11(2)10-17-8-5-12(6-9-17)14(18)13-4-3-7-15-16-13/h3-4,7,12H,5-6,8-10H2,1-2H3. The molecule has 0 aromatic carbocycles. The zero-order valence-electron chi connectivity index (χ0n) is 11.1. The molecule has 1 aliphatic rings. The fraction of sp³-hybridized carbons (Fsp3) is 0.571. The van der Waals surface area contributed by atoms with Crippen LogP contribution in [0.4, 0.5) is 0 Å². The summed E-state index contributed by atoms with van der Waals surface area (Å²) in [5.41, 5.74) is 0.509. The summed E-state index contributed by atoms with van der Waals surface area (Å²) in [4.78, 5) is 14.6. The Bertz CT molecular complexity index is 383. The van der Waals surface area contributed by atoms with Crippen LogP contribution in [0.25, 0.3) is 0 Å². The molecule has 0 aliphatic carbocycles. The second-order valence-electron chi connectivity index (χ2n) is 5.23. The molecule has 1 radical (unpaired) electrons. The summed E-state index contributed by atoms with van der Waals surface area (Å²) in [5, 5.41) is 7.67. The first-order chi connectivity index (χ1) is 8.66. The van der Waals surface area contributed by atoms with Gasteiger partial charge in [0.15, 0.2) is 5.78 Å². The molecule has 1 aromatic heterocycles. The van der Waals surface area contributed by atoms with Crippen LogP contribution in [0.5, 0.6) is 0 Å². The number of likely N-dealkylation sites (tertiary alicyclic amines) is 1. The van der Waals surface area contributed by atoms with Crippen molar-refractivity contribution in [2.45, 2.75) is 26.7 Å². The van der Waals surface area contributed by atoms with Crippen molar-refractivity contribution in [3.8, 4) is 0 Å². The molecule has 97 valence electrons. The van der Waals surface area contributed by atoms with Crippen LogP contribution in [0.15, 0.2) is 18.3 Å². The summed E-state index contributed by atoms with van der Waals surface area (Å²) in [7, 11) is 0. The van der Waals surface area contributed by atoms with E-state index in [4.69, 9.17) is 0 Å². The molecular weight excluding hydrogens is 226 g/mol. The number of carbonyl (C=O) groups excluding carboxylic acids is 1. The van der Waals surface area contributed by atoms with E-state index in [0.29, 0.717) is 5.69 Å². The van der Waals surface area contributed by atoms with Gasteiger partial charge in [-0.1, -0.05) is 13.8 Å². The van der Waals surface area contributed by atoms with Gasteiger partial charge in [0.25, 0.3) is 0 Å². The van der Waals surface area contributed by atoms with Crippen LogP contribution in [0.2, 0.25) is 0 Å². The van der Waals surface area contributed by atoms with Crippen molar-refractivity contribution in [1.29, 1.82) is 0 Å². The van der Waals surface area contributed by atoms with Gasteiger partial charge in [0, 0.05) is 18.7 Å². The third-order valence-electron chi connectivity index (χ3n) is 3.32. The Kier molecular flexibility index (Phi) is 4.42. The molecule has 2 heterocycles. The predicted molar refractivity (Wildman–Crippen MR) is 70.1 cm³/mol. The van der Waals surface area contributed by atoms with Crippen molar-refractivity contribution < 1.29 is 4.79 Å². The minimum atomic E-state index is 0.120. The molecule has 18 heavy (non-hydrogen) atoms. The molecule has 0 N–H and O–H groups in total. The first kappa shape index (κ1) is 13.1. The molecule has 1 aliphatic heterocycles. The number of aromatic nitrogens is 2. The van der Waals surface area contributed by atoms with Crippen molar-refractivity contribution in [2.24, 2.45) is 5.92 Å². The van der Waals surface area contributed by atoms with Crippen molar-refractivity contribution in [2.75, 3.05) is 19.6 Å². The molecular formula is C14H20N3O. The van der Waals surface area contributed by atoms with E-state index < -0.39 is 0 Å². The molecule has 0 bridgehead atoms. The van der Waals surface area contributed by atoms with Crippen molar-refractivity contribution >= 4 is 5.78 Å². The van der Waals surface area contributed by atoms with Crippen molar-refractivity contribution in [3.05, 3.63) is 29.9 Å². The van der Waals surface area contributed by atoms with Crippen LogP contribution in [-0.2, 0) is 0 Å². The van der Waals surface area contributed by atoms with E-state index >= 15 is 0 Å². The SMILES string of the molecule is C[C](C)CN1CCC(C(=O)c2cccnn2)CC1. The molecule has 1 saturated heterocycles. The first-order valence-electron chi connectivity index (χ1n) is 6.50. The zero-order valence-corrected chi connectivity index (χ0v) is 11.1. The minimum Gasteiger partial charge on any atom is -0.303 e. The Morgan fingerprint density at radius 3 is 2.67 bits per heavy atom. The molecule has 4 heteroatoms. The van der Waals surface area contributed by atoms with Crippen molar-refractivity contribution in [1.82, 2.24) is 15.1 Å². The molecule has 0 atom stereocenters. The monoisotopic (exact) mass is 246 g/mol. The van der Waals surface area contributed by atoms with Crippen LogP contribution < -0.4 is 0 Å². The molecule has 1 fully saturated rings. The second kappa shape index (κ2) is 6.05. The molecule has 0 saturated carbocycles. The summed E-state index contributed by atoms with van der Waals surface area (Å²) in [6.07, 6.45) is 3.46. The number of hydrogen-bond acceptors (Lipinski definition) is 4. The molecule has 0 spiro atoms. The van der Waals surface area contributed by atoms with Gasteiger partial charge in [-0.15, -0.1) is 5.10 Å². The van der Waals surface area contributed by atoms with Crippen LogP contribution in [0.1, 0.15) is 37.2 Å². The van der Waals surface area contributed by atoms with Crippen LogP contribution in [0, 0.1) is 11.8 Å². The van der Waals surface area contributed by atoms with Crippen LogP contribution >= 0.6 is 0 Å². The Morgan fingerprint density at radius 2 is 2.11 bits per heavy atom. The highest BCUT2D eigenvalue weighted by molar-refractivity contribution is 5.95. The highest BCUT2D eigenvalue weighted by Gasteiger charge is 2.26. The fourth-order valence-corrected chi connectivity index (χ4v) is 2.44. The number of piperidine rings is 1. The zero-order chi connectivity index (χ0) is 13.0. The lowest BCUT2D eigenvalue weighted by atomic mass is 9.90. The van der Waals surface area contributed by atoms with Crippen LogP contribution in [-0.4, -0.2) is 40.5 Å². The lowest BCUT2D eigenvalue weighted by Gasteiger charge is -2.31. The van der Waals surface area contributed by atoms with Gasteiger partial charge in [-0.2, -0.15) is 5.10 Å². The van der Waals surface area contributed by atoms with Gasteiger partial charge in [0.1, 0.15) is 5.69 Å². The molecule has 4 nitrogen and oxygen atoms in total. The lowest BCUT2D eigenvalue weighted by molar-refractivity contribution is 0.0837. The maximum absolute atomic E-state index is 12.2. The van der Waals surface area contributed by atoms with E-state index in [9.17, 15) is 4.79 Å². The third-order valence-corrected chi connectivity index (χ3v) is 3.32. The second-order valence-corrected chi connectivity index (χ2v) is 5.23. The van der Waals surface area contributed by atoms with Gasteiger partial charge in [-0.3, -0.25) is 4.79 Å². The van der Waals surface area contributed by atoms with Gasteiger partial charge in [0.05, 0.1) is 0 Å². The van der Waals surface area contributed by atoms with Gasteiger partial charge in [-0.05, 0) is 44.0 Å². The molecule has 0 unspecified atom stereocenters. The molecule has 2 rings (SSSR count). The van der Waals surface area contributed by atoms with E-state index in [-0.39, 0.29) is 11.7 Å². The number of hydrogen-bond donors (Lipinski definition) is 0. The first-order valence-corrected chi connectivity index (χ1v) is 6.50. The van der Waals surface area contributed by atoms with E-state index in [1.54, 1.807) is 18.3 Å². The summed E-state index contributed by atoms with van der Waals surface area (Å²) in [5.74, 6) is 1.70. The van der Waals surface area contributed by atoms with E-state index in [2.05, 4.69) is 28.9 Å². The van der Waals surface area contributed by atoms with Crippen molar-refractivity contribution in [3.63, 3.8) is 0 Å². The Labute approximate surface area is 108 Å². The number of rotatable bonds is 4. The average Bonchev–Trinajstić information content (AvgIpc) is 2.39. The number of carbonyl (C=O) groups is 1. The maximum atomic E-state index is 12.2. The average molecular weight is 246 g/mol. The summed E-state index contributed by atoms with van der Waals surface area (Å²) in [6, 6.07) is 3.52. The van der Waals surface area contributed by atoms with Gasteiger partial charge >= 0.3 is 0 Å². The van der Waals surface area contributed by atoms with E-state index in [1.165, 1.54) is 5.92 Å². The van der Waals surface area contributed by atoms with E-state index in [0.717, 1.165) is 32.5 Å².